The Morgan fingerprint density at radius 3 is 2.77 bits per heavy atom. The van der Waals surface area contributed by atoms with E-state index in [4.69, 9.17) is 9.47 Å². The molecule has 0 bridgehead atoms. The monoisotopic (exact) mass is 429 g/mol. The second-order valence-electron chi connectivity index (χ2n) is 7.42. The summed E-state index contributed by atoms with van der Waals surface area (Å²) in [4.78, 5) is 6.56. The highest BCUT2D eigenvalue weighted by molar-refractivity contribution is 5.80. The van der Waals surface area contributed by atoms with Crippen molar-refractivity contribution in [1.82, 2.24) is 10.2 Å². The Labute approximate surface area is 175 Å². The lowest BCUT2D eigenvalue weighted by Gasteiger charge is -2.34. The van der Waals surface area contributed by atoms with Gasteiger partial charge in [-0.1, -0.05) is 6.07 Å². The number of hydrogen-bond donors (Lipinski definition) is 1. The fourth-order valence-electron chi connectivity index (χ4n) is 3.73. The van der Waals surface area contributed by atoms with Gasteiger partial charge in [-0.2, -0.15) is 8.78 Å². The third kappa shape index (κ3) is 6.50. The topological polar surface area (TPSA) is 55.3 Å². The summed E-state index contributed by atoms with van der Waals surface area (Å²) in [6.07, 6.45) is 4.27. The maximum Gasteiger partial charge on any atom is 0.387 e. The van der Waals surface area contributed by atoms with Crippen LogP contribution in [0.15, 0.2) is 23.2 Å². The van der Waals surface area contributed by atoms with Gasteiger partial charge in [0, 0.05) is 26.2 Å². The van der Waals surface area contributed by atoms with Crippen molar-refractivity contribution in [1.29, 1.82) is 0 Å². The standard InChI is InChI=1S/C21H30F3N3O3/c1-2-25-21(26-13-17-18(22)6-3-7-19(17)30-20(23)24)27-10-8-15(9-11-27)29-14-16-5-4-12-28-16/h3,6-7,15-16,20H,2,4-5,8-14H2,1H3,(H,25,26). The first-order valence-corrected chi connectivity index (χ1v) is 10.6. The summed E-state index contributed by atoms with van der Waals surface area (Å²) in [7, 11) is 0. The molecule has 2 fully saturated rings. The molecule has 6 nitrogen and oxygen atoms in total. The SMILES string of the molecule is CCNC(=NCc1c(F)cccc1OC(F)F)N1CCC(OCC2CCCO2)CC1. The molecule has 1 atom stereocenters. The molecule has 2 aliphatic heterocycles. The normalized spacial score (nSPS) is 20.8. The van der Waals surface area contributed by atoms with Gasteiger partial charge in [0.2, 0.25) is 0 Å². The van der Waals surface area contributed by atoms with Gasteiger partial charge in [0.05, 0.1) is 30.9 Å². The summed E-state index contributed by atoms with van der Waals surface area (Å²) in [5.41, 5.74) is 0.0167. The number of rotatable bonds is 8. The van der Waals surface area contributed by atoms with Gasteiger partial charge in [0.1, 0.15) is 11.6 Å². The predicted octanol–water partition coefficient (Wildman–Crippen LogP) is 3.55. The number of hydrogen-bond acceptors (Lipinski definition) is 4. The van der Waals surface area contributed by atoms with Crippen LogP contribution in [0.5, 0.6) is 5.75 Å². The van der Waals surface area contributed by atoms with E-state index in [1.54, 1.807) is 0 Å². The Bertz CT molecular complexity index is 691. The molecule has 0 saturated carbocycles. The number of likely N-dealkylation sites (tertiary alicyclic amines) is 1. The first-order valence-electron chi connectivity index (χ1n) is 10.6. The number of ether oxygens (including phenoxy) is 3. The zero-order chi connectivity index (χ0) is 21.3. The largest absolute Gasteiger partial charge is 0.434 e. The van der Waals surface area contributed by atoms with E-state index < -0.39 is 12.4 Å². The molecule has 1 unspecified atom stereocenters. The zero-order valence-electron chi connectivity index (χ0n) is 17.3. The summed E-state index contributed by atoms with van der Waals surface area (Å²) < 4.78 is 55.5. The summed E-state index contributed by atoms with van der Waals surface area (Å²) in [5.74, 6) is -0.179. The summed E-state index contributed by atoms with van der Waals surface area (Å²) in [5, 5.41) is 3.20. The number of alkyl halides is 2. The van der Waals surface area contributed by atoms with E-state index in [0.29, 0.717) is 19.1 Å². The van der Waals surface area contributed by atoms with Crippen LogP contribution in [0.2, 0.25) is 0 Å². The number of guanidine groups is 1. The molecule has 0 amide bonds. The van der Waals surface area contributed by atoms with E-state index >= 15 is 0 Å². The van der Waals surface area contributed by atoms with Crippen LogP contribution in [0.3, 0.4) is 0 Å². The lowest BCUT2D eigenvalue weighted by Crippen LogP contribution is -2.47. The van der Waals surface area contributed by atoms with Gasteiger partial charge in [0.25, 0.3) is 0 Å². The maximum absolute atomic E-state index is 14.2. The molecule has 1 N–H and O–H groups in total. The molecule has 3 rings (SSSR count). The van der Waals surface area contributed by atoms with Crippen LogP contribution < -0.4 is 10.1 Å². The molecule has 0 spiro atoms. The van der Waals surface area contributed by atoms with Crippen molar-refractivity contribution in [3.05, 3.63) is 29.6 Å². The van der Waals surface area contributed by atoms with Crippen molar-refractivity contribution in [2.75, 3.05) is 32.8 Å². The number of halogens is 3. The molecule has 2 heterocycles. The Morgan fingerprint density at radius 1 is 1.30 bits per heavy atom. The molecular formula is C21H30F3N3O3. The average Bonchev–Trinajstić information content (AvgIpc) is 3.25. The van der Waals surface area contributed by atoms with Crippen LogP contribution >= 0.6 is 0 Å². The summed E-state index contributed by atoms with van der Waals surface area (Å²) >= 11 is 0. The maximum atomic E-state index is 14.2. The minimum atomic E-state index is -3.02. The lowest BCUT2D eigenvalue weighted by atomic mass is 10.1. The molecule has 9 heteroatoms. The number of benzene rings is 1. The summed E-state index contributed by atoms with van der Waals surface area (Å²) in [6, 6.07) is 3.88. The van der Waals surface area contributed by atoms with E-state index in [0.717, 1.165) is 45.4 Å². The smallest absolute Gasteiger partial charge is 0.387 e. The Morgan fingerprint density at radius 2 is 2.10 bits per heavy atom. The Balaban J connectivity index is 1.57. The van der Waals surface area contributed by atoms with E-state index in [-0.39, 0.29) is 30.1 Å². The first kappa shape index (κ1) is 22.7. The highest BCUT2D eigenvalue weighted by Gasteiger charge is 2.24. The Kier molecular flexibility index (Phi) is 8.62. The predicted molar refractivity (Wildman–Crippen MR) is 107 cm³/mol. The molecule has 0 aromatic heterocycles. The minimum Gasteiger partial charge on any atom is -0.434 e. The molecular weight excluding hydrogens is 399 g/mol. The van der Waals surface area contributed by atoms with Crippen molar-refractivity contribution in [3.63, 3.8) is 0 Å². The minimum absolute atomic E-state index is 0.0167. The van der Waals surface area contributed by atoms with Crippen molar-refractivity contribution in [3.8, 4) is 5.75 Å². The molecule has 2 saturated heterocycles. The number of nitrogens with one attached hydrogen (secondary N) is 1. The molecule has 0 aliphatic carbocycles. The number of piperidine rings is 1. The van der Waals surface area contributed by atoms with Gasteiger partial charge in [-0.25, -0.2) is 9.38 Å². The van der Waals surface area contributed by atoms with E-state index in [1.807, 2.05) is 6.92 Å². The highest BCUT2D eigenvalue weighted by Crippen LogP contribution is 2.24. The molecule has 2 aliphatic rings. The molecule has 1 aromatic rings. The van der Waals surface area contributed by atoms with Gasteiger partial charge >= 0.3 is 6.61 Å². The molecule has 168 valence electrons. The van der Waals surface area contributed by atoms with Gasteiger partial charge < -0.3 is 24.4 Å². The van der Waals surface area contributed by atoms with Crippen LogP contribution in [0.1, 0.15) is 38.2 Å². The summed E-state index contributed by atoms with van der Waals surface area (Å²) in [6.45, 7) is 2.44. The van der Waals surface area contributed by atoms with Gasteiger partial charge in [-0.3, -0.25) is 0 Å². The van der Waals surface area contributed by atoms with Crippen molar-refractivity contribution in [2.45, 2.75) is 58.0 Å². The van der Waals surface area contributed by atoms with E-state index in [2.05, 4.69) is 19.9 Å². The van der Waals surface area contributed by atoms with Crippen LogP contribution in [0, 0.1) is 5.82 Å². The quantitative estimate of drug-likeness (QED) is 0.506. The van der Waals surface area contributed by atoms with Crippen molar-refractivity contribution < 1.29 is 27.4 Å². The van der Waals surface area contributed by atoms with Crippen LogP contribution in [0.25, 0.3) is 0 Å². The molecule has 0 radical (unpaired) electrons. The van der Waals surface area contributed by atoms with E-state index in [1.165, 1.54) is 18.2 Å². The average molecular weight is 429 g/mol. The fraction of sp³-hybridized carbons (Fsp3) is 0.667. The second kappa shape index (κ2) is 11.4. The third-order valence-electron chi connectivity index (χ3n) is 5.30. The first-order chi connectivity index (χ1) is 14.6. The van der Waals surface area contributed by atoms with E-state index in [9.17, 15) is 13.2 Å². The van der Waals surface area contributed by atoms with Crippen molar-refractivity contribution >= 4 is 5.96 Å². The highest BCUT2D eigenvalue weighted by atomic mass is 19.3. The fourth-order valence-corrected chi connectivity index (χ4v) is 3.73. The van der Waals surface area contributed by atoms with Gasteiger partial charge in [0.15, 0.2) is 5.96 Å². The lowest BCUT2D eigenvalue weighted by molar-refractivity contribution is -0.0506. The van der Waals surface area contributed by atoms with Crippen LogP contribution in [0.4, 0.5) is 13.2 Å². The number of aliphatic imine (C=N–C) groups is 1. The second-order valence-corrected chi connectivity index (χ2v) is 7.42. The third-order valence-corrected chi connectivity index (χ3v) is 5.30. The molecule has 1 aromatic carbocycles. The molecule has 30 heavy (non-hydrogen) atoms. The Hall–Kier alpha value is -2.00. The zero-order valence-corrected chi connectivity index (χ0v) is 17.3. The number of nitrogens with zero attached hydrogens (tertiary/aromatic N) is 2. The van der Waals surface area contributed by atoms with Crippen LogP contribution in [-0.4, -0.2) is 62.5 Å². The van der Waals surface area contributed by atoms with Crippen molar-refractivity contribution in [2.24, 2.45) is 4.99 Å². The van der Waals surface area contributed by atoms with Gasteiger partial charge in [-0.05, 0) is 44.7 Å². The van der Waals surface area contributed by atoms with Gasteiger partial charge in [-0.15, -0.1) is 0 Å². The van der Waals surface area contributed by atoms with Crippen LogP contribution in [-0.2, 0) is 16.0 Å².